The van der Waals surface area contributed by atoms with Gasteiger partial charge in [-0.2, -0.15) is 0 Å². The fraction of sp³-hybridized carbons (Fsp3) is 0.462. The Kier molecular flexibility index (Phi) is 3.69. The van der Waals surface area contributed by atoms with E-state index in [0.29, 0.717) is 17.2 Å². The molecule has 18 heavy (non-hydrogen) atoms. The molecule has 1 aliphatic heterocycles. The van der Waals surface area contributed by atoms with E-state index in [4.69, 9.17) is 10.9 Å². The molecule has 2 rings (SSSR count). The molecule has 1 aromatic carbocycles. The van der Waals surface area contributed by atoms with Crippen LogP contribution in [0.1, 0.15) is 25.3 Å². The van der Waals surface area contributed by atoms with Crippen LogP contribution in [0, 0.1) is 11.7 Å². The van der Waals surface area contributed by atoms with E-state index in [1.54, 1.807) is 12.1 Å². The van der Waals surface area contributed by atoms with Crippen molar-refractivity contribution < 1.29 is 9.60 Å². The Morgan fingerprint density at radius 2 is 2.11 bits per heavy atom. The zero-order valence-corrected chi connectivity index (χ0v) is 10.4. The lowest BCUT2D eigenvalue weighted by atomic mass is 9.98. The molecule has 1 aliphatic rings. The summed E-state index contributed by atoms with van der Waals surface area (Å²) in [7, 11) is 0. The van der Waals surface area contributed by atoms with Crippen LogP contribution in [0.15, 0.2) is 23.4 Å². The first-order valence-corrected chi connectivity index (χ1v) is 6.14. The van der Waals surface area contributed by atoms with Crippen LogP contribution in [0.25, 0.3) is 0 Å². The van der Waals surface area contributed by atoms with Gasteiger partial charge in [0, 0.05) is 18.7 Å². The zero-order chi connectivity index (χ0) is 13.1. The molecule has 0 atom stereocenters. The molecule has 3 N–H and O–H groups in total. The standard InChI is InChI=1S/C13H18FN3O/c1-9-4-6-17(7-5-9)12-3-2-10(8-11(12)14)13(15)16-18/h2-3,8-9,18H,4-7H2,1H3,(H2,15,16). The van der Waals surface area contributed by atoms with Crippen LogP contribution in [0.2, 0.25) is 0 Å². The first kappa shape index (κ1) is 12.7. The number of benzene rings is 1. The Bertz CT molecular complexity index is 454. The summed E-state index contributed by atoms with van der Waals surface area (Å²) in [5.74, 6) is 0.308. The fourth-order valence-electron chi connectivity index (χ4n) is 2.23. The van der Waals surface area contributed by atoms with Crippen molar-refractivity contribution in [2.75, 3.05) is 18.0 Å². The molecule has 0 amide bonds. The summed E-state index contributed by atoms with van der Waals surface area (Å²) in [6, 6.07) is 4.67. The van der Waals surface area contributed by atoms with Gasteiger partial charge in [-0.1, -0.05) is 12.1 Å². The molecule has 0 radical (unpaired) electrons. The second kappa shape index (κ2) is 5.25. The van der Waals surface area contributed by atoms with Gasteiger partial charge in [0.15, 0.2) is 5.84 Å². The molecule has 4 nitrogen and oxygen atoms in total. The molecule has 0 spiro atoms. The van der Waals surface area contributed by atoms with Crippen LogP contribution in [0.4, 0.5) is 10.1 Å². The van der Waals surface area contributed by atoms with Gasteiger partial charge in [0.05, 0.1) is 5.69 Å². The molecule has 1 fully saturated rings. The van der Waals surface area contributed by atoms with E-state index in [-0.39, 0.29) is 11.7 Å². The van der Waals surface area contributed by atoms with E-state index in [1.807, 2.05) is 4.90 Å². The highest BCUT2D eigenvalue weighted by Gasteiger charge is 2.19. The minimum absolute atomic E-state index is 0.0762. The van der Waals surface area contributed by atoms with E-state index in [0.717, 1.165) is 25.9 Å². The second-order valence-electron chi connectivity index (χ2n) is 4.82. The number of nitrogens with two attached hydrogens (primary N) is 1. The van der Waals surface area contributed by atoms with Gasteiger partial charge in [-0.05, 0) is 37.0 Å². The Morgan fingerprint density at radius 1 is 1.44 bits per heavy atom. The predicted octanol–water partition coefficient (Wildman–Crippen LogP) is 2.16. The highest BCUT2D eigenvalue weighted by molar-refractivity contribution is 5.97. The number of piperidine rings is 1. The smallest absolute Gasteiger partial charge is 0.170 e. The molecule has 0 aromatic heterocycles. The monoisotopic (exact) mass is 251 g/mol. The number of halogens is 1. The van der Waals surface area contributed by atoms with Crippen LogP contribution in [-0.2, 0) is 0 Å². The summed E-state index contributed by atoms with van der Waals surface area (Å²) < 4.78 is 14.0. The summed E-state index contributed by atoms with van der Waals surface area (Å²) in [6.45, 7) is 3.97. The number of anilines is 1. The number of oxime groups is 1. The van der Waals surface area contributed by atoms with Crippen LogP contribution in [0.3, 0.4) is 0 Å². The molecular formula is C13H18FN3O. The van der Waals surface area contributed by atoms with E-state index in [9.17, 15) is 4.39 Å². The van der Waals surface area contributed by atoms with Crippen molar-refractivity contribution in [3.05, 3.63) is 29.6 Å². The van der Waals surface area contributed by atoms with Crippen molar-refractivity contribution in [2.24, 2.45) is 16.8 Å². The van der Waals surface area contributed by atoms with E-state index in [1.165, 1.54) is 6.07 Å². The molecule has 0 aliphatic carbocycles. The van der Waals surface area contributed by atoms with Crippen molar-refractivity contribution in [2.45, 2.75) is 19.8 Å². The molecule has 1 heterocycles. The lowest BCUT2D eigenvalue weighted by Gasteiger charge is -2.32. The number of nitrogens with zero attached hydrogens (tertiary/aromatic N) is 2. The van der Waals surface area contributed by atoms with Crippen molar-refractivity contribution >= 4 is 11.5 Å². The van der Waals surface area contributed by atoms with Crippen LogP contribution < -0.4 is 10.6 Å². The molecule has 0 saturated carbocycles. The minimum Gasteiger partial charge on any atom is -0.409 e. The van der Waals surface area contributed by atoms with Crippen LogP contribution in [-0.4, -0.2) is 24.1 Å². The Balaban J connectivity index is 2.20. The van der Waals surface area contributed by atoms with Crippen LogP contribution in [0.5, 0.6) is 0 Å². The molecule has 0 unspecified atom stereocenters. The maximum absolute atomic E-state index is 14.0. The number of hydrogen-bond acceptors (Lipinski definition) is 3. The third-order valence-electron chi connectivity index (χ3n) is 3.48. The molecule has 5 heteroatoms. The third-order valence-corrected chi connectivity index (χ3v) is 3.48. The lowest BCUT2D eigenvalue weighted by Crippen LogP contribution is -2.33. The zero-order valence-electron chi connectivity index (χ0n) is 10.4. The molecular weight excluding hydrogens is 233 g/mol. The quantitative estimate of drug-likeness (QED) is 0.366. The van der Waals surface area contributed by atoms with E-state index in [2.05, 4.69) is 12.1 Å². The highest BCUT2D eigenvalue weighted by atomic mass is 19.1. The third kappa shape index (κ3) is 2.55. The van der Waals surface area contributed by atoms with Gasteiger partial charge in [0.2, 0.25) is 0 Å². The first-order valence-electron chi connectivity index (χ1n) is 6.14. The average Bonchev–Trinajstić information content (AvgIpc) is 2.39. The van der Waals surface area contributed by atoms with Crippen molar-refractivity contribution in [3.63, 3.8) is 0 Å². The molecule has 98 valence electrons. The number of amidine groups is 1. The van der Waals surface area contributed by atoms with Crippen LogP contribution >= 0.6 is 0 Å². The maximum Gasteiger partial charge on any atom is 0.170 e. The van der Waals surface area contributed by atoms with Gasteiger partial charge in [-0.3, -0.25) is 0 Å². The first-order chi connectivity index (χ1) is 8.61. The number of hydrogen-bond donors (Lipinski definition) is 2. The van der Waals surface area contributed by atoms with Gasteiger partial charge < -0.3 is 15.8 Å². The predicted molar refractivity (Wildman–Crippen MR) is 69.5 cm³/mol. The Labute approximate surface area is 106 Å². The van der Waals surface area contributed by atoms with Gasteiger partial charge >= 0.3 is 0 Å². The Hall–Kier alpha value is -1.78. The summed E-state index contributed by atoms with van der Waals surface area (Å²) in [6.07, 6.45) is 2.17. The average molecular weight is 251 g/mol. The van der Waals surface area contributed by atoms with Gasteiger partial charge in [0.25, 0.3) is 0 Å². The maximum atomic E-state index is 14.0. The van der Waals surface area contributed by atoms with Gasteiger partial charge in [0.1, 0.15) is 5.82 Å². The summed E-state index contributed by atoms with van der Waals surface area (Å²) in [5.41, 5.74) is 6.42. The highest BCUT2D eigenvalue weighted by Crippen LogP contribution is 2.26. The number of rotatable bonds is 2. The molecule has 1 aromatic rings. The normalized spacial score (nSPS) is 18.1. The van der Waals surface area contributed by atoms with Crippen molar-refractivity contribution in [3.8, 4) is 0 Å². The second-order valence-corrected chi connectivity index (χ2v) is 4.82. The van der Waals surface area contributed by atoms with Gasteiger partial charge in [-0.25, -0.2) is 4.39 Å². The fourth-order valence-corrected chi connectivity index (χ4v) is 2.23. The van der Waals surface area contributed by atoms with E-state index >= 15 is 0 Å². The largest absolute Gasteiger partial charge is 0.409 e. The lowest BCUT2D eigenvalue weighted by molar-refractivity contribution is 0.318. The summed E-state index contributed by atoms with van der Waals surface area (Å²) in [4.78, 5) is 2.05. The molecule has 1 saturated heterocycles. The summed E-state index contributed by atoms with van der Waals surface area (Å²) in [5, 5.41) is 11.4. The van der Waals surface area contributed by atoms with Gasteiger partial charge in [-0.15, -0.1) is 0 Å². The SMILES string of the molecule is CC1CCN(c2ccc(/C(N)=N/O)cc2F)CC1. The minimum atomic E-state index is -0.325. The Morgan fingerprint density at radius 3 is 2.67 bits per heavy atom. The van der Waals surface area contributed by atoms with Crippen molar-refractivity contribution in [1.82, 2.24) is 0 Å². The summed E-state index contributed by atoms with van der Waals surface area (Å²) >= 11 is 0. The van der Waals surface area contributed by atoms with E-state index < -0.39 is 0 Å². The molecule has 0 bridgehead atoms. The topological polar surface area (TPSA) is 61.8 Å². The van der Waals surface area contributed by atoms with Crippen molar-refractivity contribution in [1.29, 1.82) is 0 Å².